The SMILES string of the molecule is CN=C(NCCOc1ccc(C(F)(F)F)cn1)N1CCOC(C2CCCO2)C1.I. The van der Waals surface area contributed by atoms with Gasteiger partial charge in [-0.25, -0.2) is 4.98 Å². The molecule has 11 heteroatoms. The highest BCUT2D eigenvalue weighted by Gasteiger charge is 2.32. The van der Waals surface area contributed by atoms with Crippen molar-refractivity contribution in [2.75, 3.05) is 46.5 Å². The lowest BCUT2D eigenvalue weighted by Crippen LogP contribution is -2.53. The van der Waals surface area contributed by atoms with Gasteiger partial charge in [-0.2, -0.15) is 13.2 Å². The second-order valence-corrected chi connectivity index (χ2v) is 6.61. The first-order chi connectivity index (χ1) is 13.5. The minimum Gasteiger partial charge on any atom is -0.476 e. The first-order valence-electron chi connectivity index (χ1n) is 9.32. The molecule has 7 nitrogen and oxygen atoms in total. The summed E-state index contributed by atoms with van der Waals surface area (Å²) in [5, 5.41) is 3.20. The molecule has 164 valence electrons. The summed E-state index contributed by atoms with van der Waals surface area (Å²) in [5.41, 5.74) is -0.800. The van der Waals surface area contributed by atoms with E-state index in [9.17, 15) is 13.2 Å². The van der Waals surface area contributed by atoms with Gasteiger partial charge in [-0.15, -0.1) is 24.0 Å². The van der Waals surface area contributed by atoms with Gasteiger partial charge in [0, 0.05) is 39.0 Å². The number of aromatic nitrogens is 1. The number of hydrogen-bond donors (Lipinski definition) is 1. The van der Waals surface area contributed by atoms with Gasteiger partial charge in [0.15, 0.2) is 5.96 Å². The van der Waals surface area contributed by atoms with Crippen molar-refractivity contribution in [3.05, 3.63) is 23.9 Å². The van der Waals surface area contributed by atoms with Crippen LogP contribution >= 0.6 is 24.0 Å². The van der Waals surface area contributed by atoms with Gasteiger partial charge in [-0.1, -0.05) is 0 Å². The molecule has 3 heterocycles. The van der Waals surface area contributed by atoms with Crippen LogP contribution in [0.5, 0.6) is 5.88 Å². The summed E-state index contributed by atoms with van der Waals surface area (Å²) in [6.07, 6.45) is -1.40. The lowest BCUT2D eigenvalue weighted by atomic mass is 10.1. The maximum atomic E-state index is 12.5. The van der Waals surface area contributed by atoms with Crippen LogP contribution in [0.4, 0.5) is 13.2 Å². The Morgan fingerprint density at radius 2 is 2.10 bits per heavy atom. The molecule has 2 unspecified atom stereocenters. The van der Waals surface area contributed by atoms with Gasteiger partial charge in [0.05, 0.1) is 24.8 Å². The van der Waals surface area contributed by atoms with Gasteiger partial charge in [0.1, 0.15) is 12.7 Å². The Morgan fingerprint density at radius 1 is 1.31 bits per heavy atom. The third-order valence-corrected chi connectivity index (χ3v) is 4.68. The average molecular weight is 530 g/mol. The minimum atomic E-state index is -4.40. The van der Waals surface area contributed by atoms with Gasteiger partial charge >= 0.3 is 6.18 Å². The molecule has 0 radical (unpaired) electrons. The van der Waals surface area contributed by atoms with Crippen molar-refractivity contribution in [2.45, 2.75) is 31.2 Å². The fraction of sp³-hybridized carbons (Fsp3) is 0.667. The number of aliphatic imine (C=N–C) groups is 1. The summed E-state index contributed by atoms with van der Waals surface area (Å²) in [5.74, 6) is 0.880. The summed E-state index contributed by atoms with van der Waals surface area (Å²) in [6, 6.07) is 2.17. The average Bonchev–Trinajstić information content (AvgIpc) is 3.23. The van der Waals surface area contributed by atoms with E-state index >= 15 is 0 Å². The number of nitrogens with one attached hydrogen (secondary N) is 1. The normalized spacial score (nSPS) is 22.9. The zero-order valence-corrected chi connectivity index (χ0v) is 18.5. The highest BCUT2D eigenvalue weighted by Crippen LogP contribution is 2.29. The Morgan fingerprint density at radius 3 is 2.72 bits per heavy atom. The van der Waals surface area contributed by atoms with Crippen LogP contribution < -0.4 is 10.1 Å². The number of alkyl halides is 3. The van der Waals surface area contributed by atoms with E-state index in [1.54, 1.807) is 7.05 Å². The van der Waals surface area contributed by atoms with Crippen molar-refractivity contribution >= 4 is 29.9 Å². The number of guanidine groups is 1. The Labute approximate surface area is 185 Å². The highest BCUT2D eigenvalue weighted by atomic mass is 127. The van der Waals surface area contributed by atoms with E-state index in [0.29, 0.717) is 19.7 Å². The fourth-order valence-corrected chi connectivity index (χ4v) is 3.27. The van der Waals surface area contributed by atoms with Crippen molar-refractivity contribution in [2.24, 2.45) is 4.99 Å². The molecule has 29 heavy (non-hydrogen) atoms. The zero-order valence-electron chi connectivity index (χ0n) is 16.2. The third-order valence-electron chi connectivity index (χ3n) is 4.68. The molecule has 1 N–H and O–H groups in total. The molecule has 2 aliphatic heterocycles. The number of ether oxygens (including phenoxy) is 3. The van der Waals surface area contributed by atoms with Crippen LogP contribution in [0.25, 0.3) is 0 Å². The molecule has 1 aromatic heterocycles. The van der Waals surface area contributed by atoms with Crippen LogP contribution in [0.3, 0.4) is 0 Å². The maximum Gasteiger partial charge on any atom is 0.417 e. The molecule has 0 bridgehead atoms. The van der Waals surface area contributed by atoms with Crippen LogP contribution in [0, 0.1) is 0 Å². The topological polar surface area (TPSA) is 68.2 Å². The van der Waals surface area contributed by atoms with E-state index in [1.807, 2.05) is 0 Å². The van der Waals surface area contributed by atoms with E-state index in [2.05, 4.69) is 20.2 Å². The summed E-state index contributed by atoms with van der Waals surface area (Å²) in [6.45, 7) is 3.51. The number of morpholine rings is 1. The summed E-state index contributed by atoms with van der Waals surface area (Å²) in [7, 11) is 1.71. The van der Waals surface area contributed by atoms with Crippen molar-refractivity contribution in [1.82, 2.24) is 15.2 Å². The van der Waals surface area contributed by atoms with Crippen LogP contribution in [0.15, 0.2) is 23.3 Å². The lowest BCUT2D eigenvalue weighted by molar-refractivity contribution is -0.137. The molecular weight excluding hydrogens is 504 g/mol. The van der Waals surface area contributed by atoms with Gasteiger partial charge in [0.25, 0.3) is 0 Å². The fourth-order valence-electron chi connectivity index (χ4n) is 3.27. The lowest BCUT2D eigenvalue weighted by Gasteiger charge is -2.37. The number of hydrogen-bond acceptors (Lipinski definition) is 5. The van der Waals surface area contributed by atoms with Crippen molar-refractivity contribution in [1.29, 1.82) is 0 Å². The van der Waals surface area contributed by atoms with Gasteiger partial charge in [0.2, 0.25) is 5.88 Å². The molecule has 2 atom stereocenters. The molecular formula is C18H26F3IN4O3. The van der Waals surface area contributed by atoms with Gasteiger partial charge in [-0.05, 0) is 18.9 Å². The monoisotopic (exact) mass is 530 g/mol. The number of nitrogens with zero attached hydrogens (tertiary/aromatic N) is 3. The highest BCUT2D eigenvalue weighted by molar-refractivity contribution is 14.0. The van der Waals surface area contributed by atoms with Crippen molar-refractivity contribution in [3.63, 3.8) is 0 Å². The van der Waals surface area contributed by atoms with E-state index in [4.69, 9.17) is 14.2 Å². The third kappa shape index (κ3) is 6.85. The van der Waals surface area contributed by atoms with Crippen molar-refractivity contribution in [3.8, 4) is 5.88 Å². The van der Waals surface area contributed by atoms with Crippen LogP contribution in [0.1, 0.15) is 18.4 Å². The van der Waals surface area contributed by atoms with Crippen LogP contribution in [0.2, 0.25) is 0 Å². The predicted molar refractivity (Wildman–Crippen MR) is 112 cm³/mol. The van der Waals surface area contributed by atoms with E-state index < -0.39 is 11.7 Å². The first kappa shape index (κ1) is 23.9. The first-order valence-corrected chi connectivity index (χ1v) is 9.32. The molecule has 2 fully saturated rings. The van der Waals surface area contributed by atoms with Gasteiger partial charge < -0.3 is 24.4 Å². The summed E-state index contributed by atoms with van der Waals surface area (Å²) >= 11 is 0. The van der Waals surface area contributed by atoms with Gasteiger partial charge in [-0.3, -0.25) is 4.99 Å². The Kier molecular flexibility index (Phi) is 9.21. The molecule has 0 spiro atoms. The van der Waals surface area contributed by atoms with Crippen molar-refractivity contribution < 1.29 is 27.4 Å². The quantitative estimate of drug-likeness (QED) is 0.273. The number of halogens is 4. The van der Waals surface area contributed by atoms with Crippen LogP contribution in [-0.2, 0) is 15.7 Å². The largest absolute Gasteiger partial charge is 0.476 e. The van der Waals surface area contributed by atoms with E-state index in [1.165, 1.54) is 6.07 Å². The van der Waals surface area contributed by atoms with E-state index in [0.717, 1.165) is 44.2 Å². The second kappa shape index (κ2) is 11.2. The van der Waals surface area contributed by atoms with E-state index in [-0.39, 0.29) is 48.7 Å². The molecule has 2 aliphatic rings. The molecule has 3 rings (SSSR count). The molecule has 0 aromatic carbocycles. The predicted octanol–water partition coefficient (Wildman–Crippen LogP) is 2.55. The summed E-state index contributed by atoms with van der Waals surface area (Å²) in [4.78, 5) is 10.1. The minimum absolute atomic E-state index is 0. The molecule has 1 aromatic rings. The smallest absolute Gasteiger partial charge is 0.417 e. The zero-order chi connectivity index (χ0) is 20.0. The number of pyridine rings is 1. The Hall–Kier alpha value is -1.34. The van der Waals surface area contributed by atoms with Crippen LogP contribution in [-0.4, -0.2) is 74.6 Å². The Bertz CT molecular complexity index is 655. The number of rotatable bonds is 5. The maximum absolute atomic E-state index is 12.5. The standard InChI is InChI=1S/C18H25F3N4O3.HI/c1-22-17(25-7-10-27-15(12-25)14-3-2-8-26-14)23-6-9-28-16-5-4-13(11-24-16)18(19,20)21;/h4-5,11,14-15H,2-3,6-10,12H2,1H3,(H,22,23);1H. The summed E-state index contributed by atoms with van der Waals surface area (Å²) < 4.78 is 54.6. The molecule has 0 amide bonds. The molecule has 0 aliphatic carbocycles. The second-order valence-electron chi connectivity index (χ2n) is 6.61. The molecule has 0 saturated carbocycles. The molecule has 2 saturated heterocycles. The Balaban J connectivity index is 0.00000300.